The molecule has 130 valence electrons. The molecule has 0 aliphatic carbocycles. The van der Waals surface area contributed by atoms with Crippen LogP contribution in [0.1, 0.15) is 9.68 Å². The highest BCUT2D eigenvalue weighted by molar-refractivity contribution is 9.10. The standard InChI is InChI=1S/C17H15BrFN3O2S/c1-20-8-12-6-17(15-4-2-3-5-16(15)19)22(11-12)25(23,24)14-7-13(18)9-21-10-14/h2-7,9-11,20H,8H2,1H3/i1D3. The van der Waals surface area contributed by atoms with E-state index in [2.05, 4.69) is 26.2 Å². The molecule has 0 atom stereocenters. The molecule has 8 heteroatoms. The molecular weight excluding hydrogens is 409 g/mol. The molecule has 1 N–H and O–H groups in total. The second-order valence-corrected chi connectivity index (χ2v) is 7.94. The quantitative estimate of drug-likeness (QED) is 0.678. The maximum atomic E-state index is 14.4. The van der Waals surface area contributed by atoms with Crippen LogP contribution in [0.15, 0.2) is 64.4 Å². The van der Waals surface area contributed by atoms with Gasteiger partial charge in [0.25, 0.3) is 10.0 Å². The summed E-state index contributed by atoms with van der Waals surface area (Å²) in [5.41, 5.74) is 0.537. The van der Waals surface area contributed by atoms with Gasteiger partial charge >= 0.3 is 0 Å². The van der Waals surface area contributed by atoms with Gasteiger partial charge in [0, 0.05) is 39.3 Å². The number of pyridine rings is 1. The van der Waals surface area contributed by atoms with Gasteiger partial charge in [-0.15, -0.1) is 0 Å². The number of nitrogens with one attached hydrogen (secondary N) is 1. The van der Waals surface area contributed by atoms with Crippen molar-refractivity contribution in [3.05, 3.63) is 70.8 Å². The Morgan fingerprint density at radius 1 is 1.32 bits per heavy atom. The molecule has 0 bridgehead atoms. The highest BCUT2D eigenvalue weighted by Crippen LogP contribution is 2.29. The third-order valence-electron chi connectivity index (χ3n) is 3.52. The van der Waals surface area contributed by atoms with E-state index >= 15 is 0 Å². The lowest BCUT2D eigenvalue weighted by molar-refractivity contribution is 0.587. The molecule has 0 saturated heterocycles. The smallest absolute Gasteiger partial charge is 0.269 e. The van der Waals surface area contributed by atoms with Crippen molar-refractivity contribution >= 4 is 26.0 Å². The van der Waals surface area contributed by atoms with Gasteiger partial charge < -0.3 is 5.32 Å². The summed E-state index contributed by atoms with van der Waals surface area (Å²) in [5.74, 6) is -0.597. The van der Waals surface area contributed by atoms with Gasteiger partial charge in [0.1, 0.15) is 10.7 Å². The molecule has 25 heavy (non-hydrogen) atoms. The van der Waals surface area contributed by atoms with Crippen molar-refractivity contribution in [1.29, 1.82) is 0 Å². The van der Waals surface area contributed by atoms with E-state index in [1.807, 2.05) is 0 Å². The summed E-state index contributed by atoms with van der Waals surface area (Å²) in [6, 6.07) is 8.59. The van der Waals surface area contributed by atoms with Crippen molar-refractivity contribution in [3.8, 4) is 11.3 Å². The second-order valence-electron chi connectivity index (χ2n) is 5.21. The number of nitrogens with zero attached hydrogens (tertiary/aromatic N) is 2. The third-order valence-corrected chi connectivity index (χ3v) is 5.59. The molecule has 0 unspecified atom stereocenters. The summed E-state index contributed by atoms with van der Waals surface area (Å²) < 4.78 is 63.8. The largest absolute Gasteiger partial charge is 0.316 e. The summed E-state index contributed by atoms with van der Waals surface area (Å²) in [5, 5.41) is 2.32. The lowest BCUT2D eigenvalue weighted by Crippen LogP contribution is -2.14. The van der Waals surface area contributed by atoms with Crippen LogP contribution in [0.5, 0.6) is 0 Å². The van der Waals surface area contributed by atoms with Crippen LogP contribution >= 0.6 is 15.9 Å². The van der Waals surface area contributed by atoms with E-state index < -0.39 is 22.8 Å². The predicted octanol–water partition coefficient (Wildman–Crippen LogP) is 3.41. The zero-order valence-electron chi connectivity index (χ0n) is 15.8. The zero-order chi connectivity index (χ0) is 20.5. The lowest BCUT2D eigenvalue weighted by Gasteiger charge is -2.11. The third kappa shape index (κ3) is 3.51. The summed E-state index contributed by atoms with van der Waals surface area (Å²) >= 11 is 3.19. The minimum Gasteiger partial charge on any atom is -0.316 e. The van der Waals surface area contributed by atoms with Gasteiger partial charge in [0.15, 0.2) is 0 Å². The molecule has 0 aliphatic heterocycles. The van der Waals surface area contributed by atoms with Gasteiger partial charge in [-0.25, -0.2) is 16.8 Å². The van der Waals surface area contributed by atoms with Crippen molar-refractivity contribution in [3.63, 3.8) is 0 Å². The normalized spacial score (nSPS) is 13.9. The first kappa shape index (κ1) is 14.2. The fourth-order valence-electron chi connectivity index (χ4n) is 2.41. The number of hydrogen-bond donors (Lipinski definition) is 1. The average molecular weight is 427 g/mol. The topological polar surface area (TPSA) is 64.0 Å². The number of rotatable bonds is 5. The Hall–Kier alpha value is -2.03. The van der Waals surface area contributed by atoms with Crippen molar-refractivity contribution in [2.75, 3.05) is 6.98 Å². The lowest BCUT2D eigenvalue weighted by atomic mass is 10.1. The van der Waals surface area contributed by atoms with Gasteiger partial charge in [0.05, 0.1) is 5.69 Å². The Balaban J connectivity index is 2.16. The molecule has 5 nitrogen and oxygen atoms in total. The van der Waals surface area contributed by atoms with Crippen molar-refractivity contribution in [2.45, 2.75) is 11.4 Å². The zero-order valence-corrected chi connectivity index (χ0v) is 15.2. The van der Waals surface area contributed by atoms with Crippen molar-refractivity contribution in [2.24, 2.45) is 0 Å². The SMILES string of the molecule is [2H]C([2H])([2H])NCc1cc(-c2ccccc2F)n(S(=O)(=O)c2cncc(Br)c2)c1. The minimum atomic E-state index is -4.10. The molecule has 1 aromatic carbocycles. The second kappa shape index (κ2) is 7.07. The maximum absolute atomic E-state index is 14.4. The fraction of sp³-hybridized carbons (Fsp3) is 0.118. The number of aromatic nitrogens is 2. The molecular formula is C17H15BrFN3O2S. The predicted molar refractivity (Wildman–Crippen MR) is 97.1 cm³/mol. The monoisotopic (exact) mass is 426 g/mol. The number of benzene rings is 1. The van der Waals surface area contributed by atoms with Gasteiger partial charge in [-0.05, 0) is 52.7 Å². The van der Waals surface area contributed by atoms with Crippen LogP contribution in [0.25, 0.3) is 11.3 Å². The first-order valence-corrected chi connectivity index (χ1v) is 9.38. The van der Waals surface area contributed by atoms with Crippen molar-refractivity contribution < 1.29 is 16.9 Å². The van der Waals surface area contributed by atoms with E-state index in [9.17, 15) is 12.8 Å². The minimum absolute atomic E-state index is 0.0779. The van der Waals surface area contributed by atoms with E-state index in [0.717, 1.165) is 3.97 Å². The average Bonchev–Trinajstić information content (AvgIpc) is 3.05. The number of hydrogen-bond acceptors (Lipinski definition) is 4. The summed E-state index contributed by atoms with van der Waals surface area (Å²) in [6.07, 6.45) is 3.90. The van der Waals surface area contributed by atoms with Crippen LogP contribution in [-0.2, 0) is 16.6 Å². The first-order chi connectivity index (χ1) is 13.1. The summed E-state index contributed by atoms with van der Waals surface area (Å²) in [7, 11) is -4.10. The van der Waals surface area contributed by atoms with Crippen LogP contribution in [0.2, 0.25) is 0 Å². The molecule has 0 spiro atoms. The highest BCUT2D eigenvalue weighted by atomic mass is 79.9. The van der Waals surface area contributed by atoms with Crippen LogP contribution in [-0.4, -0.2) is 24.4 Å². The van der Waals surface area contributed by atoms with Gasteiger partial charge in [-0.2, -0.15) is 0 Å². The summed E-state index contributed by atoms with van der Waals surface area (Å²) in [6.45, 7) is -2.51. The van der Waals surface area contributed by atoms with Crippen LogP contribution < -0.4 is 5.32 Å². The fourth-order valence-corrected chi connectivity index (χ4v) is 4.30. The molecule has 0 amide bonds. The van der Waals surface area contributed by atoms with E-state index in [1.165, 1.54) is 48.9 Å². The molecule has 3 aromatic rings. The highest BCUT2D eigenvalue weighted by Gasteiger charge is 2.23. The molecule has 0 fully saturated rings. The molecule has 2 aromatic heterocycles. The number of halogens is 2. The van der Waals surface area contributed by atoms with Gasteiger partial charge in [-0.3, -0.25) is 4.98 Å². The Bertz CT molecular complexity index is 1120. The Kier molecular flexibility index (Phi) is 4.01. The Morgan fingerprint density at radius 2 is 2.12 bits per heavy atom. The van der Waals surface area contributed by atoms with Gasteiger partial charge in [0.2, 0.25) is 0 Å². The van der Waals surface area contributed by atoms with E-state index in [0.29, 0.717) is 10.0 Å². The Morgan fingerprint density at radius 3 is 2.84 bits per heavy atom. The molecule has 0 saturated carbocycles. The molecule has 0 radical (unpaired) electrons. The van der Waals surface area contributed by atoms with Crippen LogP contribution in [0, 0.1) is 5.82 Å². The van der Waals surface area contributed by atoms with Crippen LogP contribution in [0.4, 0.5) is 4.39 Å². The molecule has 3 rings (SSSR count). The van der Waals surface area contributed by atoms with Crippen LogP contribution in [0.3, 0.4) is 0 Å². The van der Waals surface area contributed by atoms with E-state index in [4.69, 9.17) is 4.11 Å². The van der Waals surface area contributed by atoms with Gasteiger partial charge in [-0.1, -0.05) is 12.1 Å². The molecule has 2 heterocycles. The van der Waals surface area contributed by atoms with E-state index in [1.54, 1.807) is 6.07 Å². The first-order valence-electron chi connectivity index (χ1n) is 8.65. The Labute approximate surface area is 157 Å². The maximum Gasteiger partial charge on any atom is 0.269 e. The van der Waals surface area contributed by atoms with Crippen molar-refractivity contribution in [1.82, 2.24) is 14.3 Å². The molecule has 0 aliphatic rings. The van der Waals surface area contributed by atoms with E-state index in [-0.39, 0.29) is 22.7 Å². The summed E-state index contributed by atoms with van der Waals surface area (Å²) in [4.78, 5) is 3.78.